The van der Waals surface area contributed by atoms with E-state index in [2.05, 4.69) is 25.7 Å². The zero-order valence-corrected chi connectivity index (χ0v) is 28.4. The molecule has 2 aliphatic heterocycles. The number of methoxy groups -OCH3 is 1. The Morgan fingerprint density at radius 3 is 2.41 bits per heavy atom. The molecule has 2 aromatic carbocycles. The molecule has 1 amide bonds. The van der Waals surface area contributed by atoms with E-state index in [-0.39, 0.29) is 17.4 Å². The number of para-hydroxylation sites is 1. The quantitative estimate of drug-likeness (QED) is 0.274. The van der Waals surface area contributed by atoms with Crippen LogP contribution in [0.3, 0.4) is 0 Å². The van der Waals surface area contributed by atoms with Gasteiger partial charge in [-0.1, -0.05) is 44.2 Å². The fraction of sp³-hybridized carbons (Fsp3) is 0.611. The van der Waals surface area contributed by atoms with Gasteiger partial charge in [-0.25, -0.2) is 4.79 Å². The predicted octanol–water partition coefficient (Wildman–Crippen LogP) is 5.26. The minimum Gasteiger partial charge on any atom is -0.496 e. The second-order valence-electron chi connectivity index (χ2n) is 15.1. The fourth-order valence-electron chi connectivity index (χ4n) is 8.15. The zero-order chi connectivity index (χ0) is 32.9. The van der Waals surface area contributed by atoms with Crippen LogP contribution in [0.4, 0.5) is 0 Å². The number of benzene rings is 2. The number of morpholine rings is 1. The standard InChI is InChI=1S/C36H49BN2O7/c1-34(2,3)44-33(41)27-15-11-14-25(31(27)42-7)20-30(37-45-29-22-26-21-28(35(26,4)5)36(29,6)46-37)39(23-38-16-18-43-19-17-38)32(40)24-12-9-8-10-13-24/h8-15,26,28-30H,16-23H2,1-7H3. The highest BCUT2D eigenvalue weighted by atomic mass is 16.7. The first-order valence-corrected chi connectivity index (χ1v) is 16.7. The highest BCUT2D eigenvalue weighted by Gasteiger charge is 2.69. The smallest absolute Gasteiger partial charge is 0.482 e. The molecular formula is C36H49BN2O7. The van der Waals surface area contributed by atoms with Crippen LogP contribution in [0, 0.1) is 17.3 Å². The molecule has 0 spiro atoms. The number of hydrogen-bond donors (Lipinski definition) is 0. The van der Waals surface area contributed by atoms with Gasteiger partial charge < -0.3 is 28.4 Å². The minimum absolute atomic E-state index is 0.0520. The van der Waals surface area contributed by atoms with Crippen LogP contribution in [0.5, 0.6) is 5.75 Å². The molecule has 3 aliphatic carbocycles. The van der Waals surface area contributed by atoms with Crippen molar-refractivity contribution < 1.29 is 33.1 Å². The number of nitrogens with zero attached hydrogens (tertiary/aromatic N) is 2. The molecule has 5 aliphatic rings. The number of esters is 1. The molecule has 2 heterocycles. The molecule has 2 bridgehead atoms. The molecule has 0 radical (unpaired) electrons. The summed E-state index contributed by atoms with van der Waals surface area (Å²) in [6, 6.07) is 14.9. The van der Waals surface area contributed by atoms with Crippen molar-refractivity contribution in [2.75, 3.05) is 40.1 Å². The normalized spacial score (nSPS) is 27.7. The number of carbonyl (C=O) groups excluding carboxylic acids is 2. The first-order chi connectivity index (χ1) is 21.8. The Morgan fingerprint density at radius 2 is 1.76 bits per heavy atom. The van der Waals surface area contributed by atoms with E-state index in [4.69, 9.17) is 23.5 Å². The Bertz CT molecular complexity index is 1420. The lowest BCUT2D eigenvalue weighted by atomic mass is 9.43. The lowest BCUT2D eigenvalue weighted by molar-refractivity contribution is -0.199. The number of hydrogen-bond acceptors (Lipinski definition) is 8. The van der Waals surface area contributed by atoms with E-state index in [0.29, 0.717) is 68.1 Å². The first-order valence-electron chi connectivity index (χ1n) is 16.7. The Hall–Kier alpha value is -2.92. The van der Waals surface area contributed by atoms with Gasteiger partial charge in [0, 0.05) is 18.7 Å². The van der Waals surface area contributed by atoms with E-state index in [1.54, 1.807) is 13.2 Å². The van der Waals surface area contributed by atoms with Gasteiger partial charge in [0.15, 0.2) is 0 Å². The number of amides is 1. The molecule has 248 valence electrons. The molecular weight excluding hydrogens is 583 g/mol. The molecule has 0 N–H and O–H groups in total. The van der Waals surface area contributed by atoms with Crippen molar-refractivity contribution >= 4 is 19.0 Å². The summed E-state index contributed by atoms with van der Waals surface area (Å²) in [7, 11) is 0.893. The average molecular weight is 633 g/mol. The molecule has 7 rings (SSSR count). The maximum absolute atomic E-state index is 14.5. The second-order valence-corrected chi connectivity index (χ2v) is 15.1. The molecule has 5 atom stereocenters. The van der Waals surface area contributed by atoms with Crippen molar-refractivity contribution in [2.24, 2.45) is 17.3 Å². The predicted molar refractivity (Wildman–Crippen MR) is 176 cm³/mol. The summed E-state index contributed by atoms with van der Waals surface area (Å²) in [5.74, 6) is 0.332. The highest BCUT2D eigenvalue weighted by molar-refractivity contribution is 6.48. The molecule has 2 saturated heterocycles. The monoisotopic (exact) mass is 632 g/mol. The van der Waals surface area contributed by atoms with Gasteiger partial charge >= 0.3 is 13.1 Å². The molecule has 46 heavy (non-hydrogen) atoms. The molecule has 10 heteroatoms. The van der Waals surface area contributed by atoms with Crippen LogP contribution in [-0.2, 0) is 25.2 Å². The van der Waals surface area contributed by atoms with Gasteiger partial charge in [0.05, 0.1) is 44.6 Å². The van der Waals surface area contributed by atoms with Crippen molar-refractivity contribution in [3.05, 3.63) is 65.2 Å². The molecule has 5 fully saturated rings. The minimum atomic E-state index is -0.672. The lowest BCUT2D eigenvalue weighted by Crippen LogP contribution is -2.65. The van der Waals surface area contributed by atoms with Gasteiger partial charge in [0.25, 0.3) is 5.91 Å². The topological polar surface area (TPSA) is 86.8 Å². The second kappa shape index (κ2) is 12.6. The third kappa shape index (κ3) is 6.21. The van der Waals surface area contributed by atoms with Crippen molar-refractivity contribution in [2.45, 2.75) is 84.1 Å². The third-order valence-corrected chi connectivity index (χ3v) is 10.8. The highest BCUT2D eigenvalue weighted by Crippen LogP contribution is 2.65. The molecule has 9 nitrogen and oxygen atoms in total. The van der Waals surface area contributed by atoms with Crippen LogP contribution in [0.2, 0.25) is 0 Å². The summed E-state index contributed by atoms with van der Waals surface area (Å²) in [5.41, 5.74) is 0.783. The van der Waals surface area contributed by atoms with Gasteiger partial charge in [-0.2, -0.15) is 0 Å². The summed E-state index contributed by atoms with van der Waals surface area (Å²) < 4.78 is 31.2. The summed E-state index contributed by atoms with van der Waals surface area (Å²) in [4.78, 5) is 32.0. The Morgan fingerprint density at radius 1 is 1.04 bits per heavy atom. The van der Waals surface area contributed by atoms with Gasteiger partial charge in [-0.15, -0.1) is 0 Å². The van der Waals surface area contributed by atoms with E-state index in [0.717, 1.165) is 18.4 Å². The zero-order valence-electron chi connectivity index (χ0n) is 28.4. The van der Waals surface area contributed by atoms with Crippen LogP contribution < -0.4 is 4.74 Å². The Balaban J connectivity index is 1.40. The van der Waals surface area contributed by atoms with Crippen LogP contribution in [0.1, 0.15) is 80.7 Å². The maximum atomic E-state index is 14.5. The van der Waals surface area contributed by atoms with Crippen LogP contribution in [0.15, 0.2) is 48.5 Å². The van der Waals surface area contributed by atoms with E-state index >= 15 is 0 Å². The SMILES string of the molecule is COc1c(CC(B2OC3CC4CC(C4(C)C)C3(C)O2)N(CN2CCOCC2)C(=O)c2ccccc2)cccc1C(=O)OC(C)(C)C. The van der Waals surface area contributed by atoms with Crippen LogP contribution in [0.25, 0.3) is 0 Å². The summed E-state index contributed by atoms with van der Waals surface area (Å²) in [6.07, 6.45) is 2.38. The van der Waals surface area contributed by atoms with Gasteiger partial charge in [0.2, 0.25) is 0 Å². The van der Waals surface area contributed by atoms with E-state index in [1.165, 1.54) is 0 Å². The number of carbonyl (C=O) groups is 2. The Labute approximate surface area is 274 Å². The van der Waals surface area contributed by atoms with Gasteiger partial charge in [-0.3, -0.25) is 9.69 Å². The van der Waals surface area contributed by atoms with Crippen molar-refractivity contribution in [3.63, 3.8) is 0 Å². The molecule has 0 aromatic heterocycles. The fourth-order valence-corrected chi connectivity index (χ4v) is 8.15. The van der Waals surface area contributed by atoms with Crippen molar-refractivity contribution in [3.8, 4) is 5.75 Å². The van der Waals surface area contributed by atoms with Crippen molar-refractivity contribution in [1.29, 1.82) is 0 Å². The third-order valence-electron chi connectivity index (χ3n) is 10.8. The summed E-state index contributed by atoms with van der Waals surface area (Å²) >= 11 is 0. The van der Waals surface area contributed by atoms with Crippen molar-refractivity contribution in [1.82, 2.24) is 9.80 Å². The van der Waals surface area contributed by atoms with E-state index < -0.39 is 30.2 Å². The van der Waals surface area contributed by atoms with Gasteiger partial charge in [0.1, 0.15) is 16.9 Å². The molecule has 3 saturated carbocycles. The van der Waals surface area contributed by atoms with Crippen LogP contribution >= 0.6 is 0 Å². The first kappa shape index (κ1) is 33.0. The molecule has 2 aromatic rings. The van der Waals surface area contributed by atoms with Crippen LogP contribution in [-0.4, -0.2) is 92.1 Å². The summed E-state index contributed by atoms with van der Waals surface area (Å²) in [6.45, 7) is 15.5. The van der Waals surface area contributed by atoms with E-state index in [1.807, 2.05) is 68.1 Å². The number of ether oxygens (including phenoxy) is 3. The maximum Gasteiger partial charge on any atom is 0.482 e. The Kier molecular flexibility index (Phi) is 9.04. The van der Waals surface area contributed by atoms with Gasteiger partial charge in [-0.05, 0) is 88.0 Å². The lowest BCUT2D eigenvalue weighted by Gasteiger charge is -2.64. The summed E-state index contributed by atoms with van der Waals surface area (Å²) in [5, 5.41) is 0. The average Bonchev–Trinajstić information content (AvgIpc) is 3.39. The molecule has 5 unspecified atom stereocenters. The van der Waals surface area contributed by atoms with E-state index in [9.17, 15) is 9.59 Å². The largest absolute Gasteiger partial charge is 0.496 e. The number of rotatable bonds is 9.